The molecule has 0 aliphatic carbocycles. The van der Waals surface area contributed by atoms with Gasteiger partial charge < -0.3 is 5.32 Å². The summed E-state index contributed by atoms with van der Waals surface area (Å²) in [5.74, 6) is 0. The van der Waals surface area contributed by atoms with Crippen LogP contribution in [0.25, 0.3) is 10.9 Å². The van der Waals surface area contributed by atoms with Crippen molar-refractivity contribution in [1.82, 2.24) is 14.5 Å². The highest BCUT2D eigenvalue weighted by atomic mass is 16.2. The molecule has 1 aromatic heterocycles. The predicted octanol–water partition coefficient (Wildman–Crippen LogP) is 0.761. The summed E-state index contributed by atoms with van der Waals surface area (Å²) < 4.78 is 2.95. The Labute approximate surface area is 116 Å². The first-order valence-corrected chi connectivity index (χ1v) is 7.02. The zero-order valence-corrected chi connectivity index (χ0v) is 11.8. The Kier molecular flexibility index (Phi) is 3.22. The van der Waals surface area contributed by atoms with Gasteiger partial charge in [0.25, 0.3) is 5.56 Å². The molecule has 0 bridgehead atoms. The lowest BCUT2D eigenvalue weighted by Crippen LogP contribution is -2.43. The van der Waals surface area contributed by atoms with Crippen molar-refractivity contribution in [1.29, 1.82) is 0 Å². The number of para-hydroxylation sites is 1. The molecule has 1 saturated heterocycles. The van der Waals surface area contributed by atoms with Crippen molar-refractivity contribution in [2.45, 2.75) is 32.4 Å². The molecule has 5 heteroatoms. The van der Waals surface area contributed by atoms with Gasteiger partial charge in [-0.3, -0.25) is 13.9 Å². The standard InChI is InChI=1S/C15H19N3O2/c1-10-5-3-7-12-13(10)17(2)15(20)18(14(12)19)9-11-6-4-8-16-11/h3,5,7,11,16H,4,6,8-9H2,1-2H3. The minimum Gasteiger partial charge on any atom is -0.312 e. The third kappa shape index (κ3) is 1.98. The van der Waals surface area contributed by atoms with E-state index in [1.807, 2.05) is 19.1 Å². The maximum absolute atomic E-state index is 12.6. The molecule has 1 aromatic carbocycles. The average molecular weight is 273 g/mol. The summed E-state index contributed by atoms with van der Waals surface area (Å²) in [4.78, 5) is 25.0. The Morgan fingerprint density at radius 1 is 1.35 bits per heavy atom. The zero-order valence-electron chi connectivity index (χ0n) is 11.8. The molecular weight excluding hydrogens is 254 g/mol. The van der Waals surface area contributed by atoms with Crippen molar-refractivity contribution in [3.63, 3.8) is 0 Å². The minimum atomic E-state index is -0.231. The van der Waals surface area contributed by atoms with Gasteiger partial charge in [-0.2, -0.15) is 0 Å². The maximum Gasteiger partial charge on any atom is 0.331 e. The van der Waals surface area contributed by atoms with Gasteiger partial charge in [-0.25, -0.2) is 4.79 Å². The van der Waals surface area contributed by atoms with Crippen LogP contribution in [-0.4, -0.2) is 21.7 Å². The van der Waals surface area contributed by atoms with Crippen LogP contribution in [0.15, 0.2) is 27.8 Å². The summed E-state index contributed by atoms with van der Waals surface area (Å²) in [5, 5.41) is 3.95. The molecular formula is C15H19N3O2. The number of aryl methyl sites for hydroxylation is 2. The van der Waals surface area contributed by atoms with Gasteiger partial charge in [-0.05, 0) is 37.9 Å². The summed E-state index contributed by atoms with van der Waals surface area (Å²) in [6.45, 7) is 3.34. The number of nitrogens with zero attached hydrogens (tertiary/aromatic N) is 2. The molecule has 2 heterocycles. The van der Waals surface area contributed by atoms with E-state index in [-0.39, 0.29) is 17.3 Å². The summed E-state index contributed by atoms with van der Waals surface area (Å²) in [6.07, 6.45) is 2.12. The molecule has 1 aliphatic rings. The third-order valence-electron chi connectivity index (χ3n) is 4.13. The number of aromatic nitrogens is 2. The Bertz CT molecular complexity index is 767. The number of hydrogen-bond donors (Lipinski definition) is 1. The van der Waals surface area contributed by atoms with Crippen LogP contribution >= 0.6 is 0 Å². The molecule has 1 unspecified atom stereocenters. The summed E-state index contributed by atoms with van der Waals surface area (Å²) in [7, 11) is 1.73. The van der Waals surface area contributed by atoms with Gasteiger partial charge in [0.15, 0.2) is 0 Å². The fourth-order valence-corrected chi connectivity index (χ4v) is 3.08. The lowest BCUT2D eigenvalue weighted by Gasteiger charge is -2.15. The van der Waals surface area contributed by atoms with Crippen LogP contribution in [0, 0.1) is 6.92 Å². The van der Waals surface area contributed by atoms with Gasteiger partial charge >= 0.3 is 5.69 Å². The van der Waals surface area contributed by atoms with Crippen molar-refractivity contribution in [3.8, 4) is 0 Å². The van der Waals surface area contributed by atoms with Crippen LogP contribution in [0.1, 0.15) is 18.4 Å². The van der Waals surface area contributed by atoms with E-state index < -0.39 is 0 Å². The van der Waals surface area contributed by atoms with Crippen LogP contribution in [0.3, 0.4) is 0 Å². The monoisotopic (exact) mass is 273 g/mol. The molecule has 1 N–H and O–H groups in total. The summed E-state index contributed by atoms with van der Waals surface area (Å²) >= 11 is 0. The van der Waals surface area contributed by atoms with Gasteiger partial charge in [0.1, 0.15) is 0 Å². The molecule has 3 rings (SSSR count). The Morgan fingerprint density at radius 3 is 2.85 bits per heavy atom. The maximum atomic E-state index is 12.6. The van der Waals surface area contributed by atoms with E-state index in [9.17, 15) is 9.59 Å². The Hall–Kier alpha value is -1.88. The molecule has 0 spiro atoms. The van der Waals surface area contributed by atoms with E-state index >= 15 is 0 Å². The van der Waals surface area contributed by atoms with Crippen molar-refractivity contribution >= 4 is 10.9 Å². The molecule has 0 radical (unpaired) electrons. The lowest BCUT2D eigenvalue weighted by molar-refractivity contribution is 0.478. The average Bonchev–Trinajstić information content (AvgIpc) is 2.94. The van der Waals surface area contributed by atoms with E-state index in [1.165, 1.54) is 4.57 Å². The predicted molar refractivity (Wildman–Crippen MR) is 79.2 cm³/mol. The van der Waals surface area contributed by atoms with Crippen LogP contribution in [0.2, 0.25) is 0 Å². The van der Waals surface area contributed by atoms with Gasteiger partial charge in [-0.15, -0.1) is 0 Å². The molecule has 0 saturated carbocycles. The topological polar surface area (TPSA) is 56.0 Å². The zero-order chi connectivity index (χ0) is 14.3. The molecule has 0 amide bonds. The highest BCUT2D eigenvalue weighted by Crippen LogP contribution is 2.13. The number of hydrogen-bond acceptors (Lipinski definition) is 3. The number of fused-ring (bicyclic) bond motifs is 1. The molecule has 1 atom stereocenters. The normalized spacial score (nSPS) is 18.8. The van der Waals surface area contributed by atoms with E-state index in [1.54, 1.807) is 17.7 Å². The Balaban J connectivity index is 2.23. The smallest absolute Gasteiger partial charge is 0.312 e. The van der Waals surface area contributed by atoms with Gasteiger partial charge in [-0.1, -0.05) is 12.1 Å². The highest BCUT2D eigenvalue weighted by molar-refractivity contribution is 5.81. The van der Waals surface area contributed by atoms with E-state index in [4.69, 9.17) is 0 Å². The first-order chi connectivity index (χ1) is 9.59. The second kappa shape index (κ2) is 4.90. The second-order valence-corrected chi connectivity index (χ2v) is 5.52. The van der Waals surface area contributed by atoms with Crippen LogP contribution in [0.4, 0.5) is 0 Å². The van der Waals surface area contributed by atoms with Crippen LogP contribution < -0.4 is 16.6 Å². The number of nitrogens with one attached hydrogen (secondary N) is 1. The first kappa shape index (κ1) is 13.1. The highest BCUT2D eigenvalue weighted by Gasteiger charge is 2.18. The van der Waals surface area contributed by atoms with E-state index in [2.05, 4.69) is 5.32 Å². The lowest BCUT2D eigenvalue weighted by atomic mass is 10.1. The summed E-state index contributed by atoms with van der Waals surface area (Å²) in [5.41, 5.74) is 1.27. The largest absolute Gasteiger partial charge is 0.331 e. The molecule has 20 heavy (non-hydrogen) atoms. The SMILES string of the molecule is Cc1cccc2c(=O)n(CC3CCCN3)c(=O)n(C)c12. The Morgan fingerprint density at radius 2 is 2.15 bits per heavy atom. The van der Waals surface area contributed by atoms with Gasteiger partial charge in [0.2, 0.25) is 0 Å². The third-order valence-corrected chi connectivity index (χ3v) is 4.13. The fraction of sp³-hybridized carbons (Fsp3) is 0.467. The van der Waals surface area contributed by atoms with Crippen molar-refractivity contribution < 1.29 is 0 Å². The van der Waals surface area contributed by atoms with Crippen LogP contribution in [-0.2, 0) is 13.6 Å². The van der Waals surface area contributed by atoms with E-state index in [0.29, 0.717) is 11.9 Å². The van der Waals surface area contributed by atoms with Gasteiger partial charge in [0, 0.05) is 19.6 Å². The van der Waals surface area contributed by atoms with Gasteiger partial charge in [0.05, 0.1) is 10.9 Å². The van der Waals surface area contributed by atoms with Crippen molar-refractivity contribution in [3.05, 3.63) is 44.6 Å². The van der Waals surface area contributed by atoms with Crippen LogP contribution in [0.5, 0.6) is 0 Å². The second-order valence-electron chi connectivity index (χ2n) is 5.52. The fourth-order valence-electron chi connectivity index (χ4n) is 3.08. The molecule has 1 aliphatic heterocycles. The molecule has 5 nitrogen and oxygen atoms in total. The quantitative estimate of drug-likeness (QED) is 0.879. The molecule has 1 fully saturated rings. The first-order valence-electron chi connectivity index (χ1n) is 7.02. The van der Waals surface area contributed by atoms with Crippen molar-refractivity contribution in [2.24, 2.45) is 7.05 Å². The number of rotatable bonds is 2. The summed E-state index contributed by atoms with van der Waals surface area (Å²) in [6, 6.07) is 5.80. The molecule has 106 valence electrons. The van der Waals surface area contributed by atoms with Crippen molar-refractivity contribution in [2.75, 3.05) is 6.54 Å². The molecule has 2 aromatic rings. The minimum absolute atomic E-state index is 0.180. The van der Waals surface area contributed by atoms with E-state index in [0.717, 1.165) is 30.5 Å². The number of benzene rings is 1.